The number of rotatable bonds is 10. The number of thioether (sulfide) groups is 1. The molecular formula is C34H34N2O6S. The van der Waals surface area contributed by atoms with Gasteiger partial charge in [-0.15, -0.1) is 18.3 Å². The van der Waals surface area contributed by atoms with Crippen molar-refractivity contribution >= 4 is 35.5 Å². The Balaban J connectivity index is 1.47. The number of carbonyl (C=O) groups excluding carboxylic acids is 4. The second-order valence-corrected chi connectivity index (χ2v) is 11.9. The number of nitrogens with one attached hydrogen (secondary N) is 1. The van der Waals surface area contributed by atoms with Crippen molar-refractivity contribution < 1.29 is 28.7 Å². The molecule has 222 valence electrons. The molecule has 3 aromatic rings. The number of fused-ring (bicyclic) bond motifs is 1. The van der Waals surface area contributed by atoms with Gasteiger partial charge in [0.05, 0.1) is 6.42 Å². The van der Waals surface area contributed by atoms with Crippen molar-refractivity contribution in [3.05, 3.63) is 120 Å². The number of nitrogens with zero attached hydrogens (tertiary/aromatic N) is 1. The summed E-state index contributed by atoms with van der Waals surface area (Å²) in [5.74, 6) is -2.35. The van der Waals surface area contributed by atoms with Crippen LogP contribution in [0.3, 0.4) is 0 Å². The van der Waals surface area contributed by atoms with Crippen LogP contribution >= 0.6 is 11.8 Å². The standard InChI is InChI=1S/C34H34N2O6S/c1-4-22(2)34(42-23(3)37)21-43-32-28(35-27(38)20-24-14-8-5-9-15-24)31(39)36(32)30(34)33(40)41-29(25-16-10-6-11-17-25)26-18-12-7-13-19-26/h4-19,22,28-30,32H,1,20-21H2,2-3H3,(H,35,38)/t22?,28-,30+,32-,34-/m1/s1. The summed E-state index contributed by atoms with van der Waals surface area (Å²) >= 11 is 1.36. The summed E-state index contributed by atoms with van der Waals surface area (Å²) < 4.78 is 12.2. The number of amides is 2. The predicted octanol–water partition coefficient (Wildman–Crippen LogP) is 4.45. The van der Waals surface area contributed by atoms with E-state index in [-0.39, 0.29) is 18.1 Å². The summed E-state index contributed by atoms with van der Waals surface area (Å²) in [4.78, 5) is 54.8. The average Bonchev–Trinajstić information content (AvgIpc) is 3.02. The molecule has 9 heteroatoms. The van der Waals surface area contributed by atoms with Crippen molar-refractivity contribution in [1.82, 2.24) is 10.2 Å². The topological polar surface area (TPSA) is 102 Å². The Labute approximate surface area is 255 Å². The molecule has 2 fully saturated rings. The molecule has 2 saturated heterocycles. The maximum atomic E-state index is 14.3. The van der Waals surface area contributed by atoms with E-state index < -0.39 is 52.9 Å². The first-order valence-corrected chi connectivity index (χ1v) is 15.2. The van der Waals surface area contributed by atoms with Gasteiger partial charge < -0.3 is 19.7 Å². The third-order valence-corrected chi connectivity index (χ3v) is 9.40. The Morgan fingerprint density at radius 3 is 2.09 bits per heavy atom. The average molecular weight is 599 g/mol. The number of carbonyl (C=O) groups is 4. The molecule has 5 atom stereocenters. The van der Waals surface area contributed by atoms with E-state index in [1.54, 1.807) is 13.0 Å². The summed E-state index contributed by atoms with van der Waals surface area (Å²) in [6, 6.07) is 25.8. The molecule has 8 nitrogen and oxygen atoms in total. The number of esters is 2. The van der Waals surface area contributed by atoms with E-state index in [1.807, 2.05) is 91.0 Å². The predicted molar refractivity (Wildman–Crippen MR) is 164 cm³/mol. The van der Waals surface area contributed by atoms with Crippen LogP contribution in [0.15, 0.2) is 104 Å². The van der Waals surface area contributed by atoms with E-state index >= 15 is 0 Å². The van der Waals surface area contributed by atoms with Gasteiger partial charge in [-0.05, 0) is 16.7 Å². The molecular weight excluding hydrogens is 564 g/mol. The van der Waals surface area contributed by atoms with Crippen molar-refractivity contribution in [1.29, 1.82) is 0 Å². The Morgan fingerprint density at radius 1 is 1.00 bits per heavy atom. The van der Waals surface area contributed by atoms with Crippen molar-refractivity contribution in [2.75, 3.05) is 5.75 Å². The van der Waals surface area contributed by atoms with Crippen LogP contribution in [0.25, 0.3) is 0 Å². The maximum absolute atomic E-state index is 14.3. The molecule has 1 unspecified atom stereocenters. The second kappa shape index (κ2) is 12.9. The fraction of sp³-hybridized carbons (Fsp3) is 0.294. The van der Waals surface area contributed by atoms with E-state index in [9.17, 15) is 19.2 Å². The van der Waals surface area contributed by atoms with Crippen LogP contribution in [0.5, 0.6) is 0 Å². The van der Waals surface area contributed by atoms with E-state index in [1.165, 1.54) is 23.6 Å². The zero-order chi connectivity index (χ0) is 30.6. The third kappa shape index (κ3) is 6.08. The minimum Gasteiger partial charge on any atom is -0.455 e. The normalized spacial score (nSPS) is 23.4. The molecule has 2 aliphatic rings. The molecule has 0 saturated carbocycles. The minimum atomic E-state index is -1.43. The van der Waals surface area contributed by atoms with Crippen molar-refractivity contribution in [3.8, 4) is 0 Å². The Bertz CT molecular complexity index is 1440. The van der Waals surface area contributed by atoms with E-state index in [0.29, 0.717) is 0 Å². The largest absolute Gasteiger partial charge is 0.455 e. The second-order valence-electron chi connectivity index (χ2n) is 10.8. The molecule has 0 spiro atoms. The van der Waals surface area contributed by atoms with Gasteiger partial charge in [0.2, 0.25) is 11.8 Å². The van der Waals surface area contributed by atoms with E-state index in [2.05, 4.69) is 11.9 Å². The maximum Gasteiger partial charge on any atom is 0.334 e. The lowest BCUT2D eigenvalue weighted by Gasteiger charge is -2.59. The summed E-state index contributed by atoms with van der Waals surface area (Å²) in [6.45, 7) is 6.97. The monoisotopic (exact) mass is 598 g/mol. The molecule has 2 amide bonds. The highest BCUT2D eigenvalue weighted by atomic mass is 32.2. The molecule has 0 bridgehead atoms. The first-order chi connectivity index (χ1) is 20.7. The number of hydrogen-bond donors (Lipinski definition) is 1. The zero-order valence-electron chi connectivity index (χ0n) is 24.1. The fourth-order valence-corrected chi connectivity index (χ4v) is 7.38. The Morgan fingerprint density at radius 2 is 1.56 bits per heavy atom. The van der Waals surface area contributed by atoms with E-state index in [4.69, 9.17) is 9.47 Å². The van der Waals surface area contributed by atoms with Gasteiger partial charge in [-0.2, -0.15) is 0 Å². The van der Waals surface area contributed by atoms with Gasteiger partial charge in [0, 0.05) is 18.6 Å². The molecule has 0 aromatic heterocycles. The van der Waals surface area contributed by atoms with Gasteiger partial charge in [0.1, 0.15) is 11.4 Å². The smallest absolute Gasteiger partial charge is 0.334 e. The lowest BCUT2D eigenvalue weighted by molar-refractivity contribution is -0.195. The van der Waals surface area contributed by atoms with Gasteiger partial charge in [0.15, 0.2) is 17.7 Å². The SMILES string of the molecule is C=CC(C)[C@]1(OC(C)=O)CS[C@@H]2[C@H](NC(=O)Cc3ccccc3)C(=O)N2[C@H]1C(=O)OC(c1ccccc1)c1ccccc1. The summed E-state index contributed by atoms with van der Waals surface area (Å²) in [5.41, 5.74) is 0.889. The van der Waals surface area contributed by atoms with Gasteiger partial charge in [-0.25, -0.2) is 4.79 Å². The molecule has 2 aliphatic heterocycles. The van der Waals surface area contributed by atoms with Crippen LogP contribution in [0.2, 0.25) is 0 Å². The summed E-state index contributed by atoms with van der Waals surface area (Å²) in [6.07, 6.45) is 0.961. The highest BCUT2D eigenvalue weighted by molar-refractivity contribution is 8.00. The van der Waals surface area contributed by atoms with Crippen molar-refractivity contribution in [2.45, 2.75) is 49.4 Å². The van der Waals surface area contributed by atoms with Crippen LogP contribution in [-0.4, -0.2) is 57.5 Å². The minimum absolute atomic E-state index is 0.119. The molecule has 2 heterocycles. The first kappa shape index (κ1) is 30.1. The number of benzene rings is 3. The van der Waals surface area contributed by atoms with Gasteiger partial charge >= 0.3 is 11.9 Å². The van der Waals surface area contributed by atoms with Crippen LogP contribution in [-0.2, 0) is 35.1 Å². The summed E-state index contributed by atoms with van der Waals surface area (Å²) in [7, 11) is 0. The molecule has 1 N–H and O–H groups in total. The highest BCUT2D eigenvalue weighted by Crippen LogP contribution is 2.48. The Kier molecular flexibility index (Phi) is 9.01. The first-order valence-electron chi connectivity index (χ1n) is 14.1. The number of hydrogen-bond acceptors (Lipinski definition) is 7. The third-order valence-electron chi connectivity index (χ3n) is 7.94. The summed E-state index contributed by atoms with van der Waals surface area (Å²) in [5, 5.41) is 2.30. The van der Waals surface area contributed by atoms with Crippen molar-refractivity contribution in [3.63, 3.8) is 0 Å². The van der Waals surface area contributed by atoms with Gasteiger partial charge in [0.25, 0.3) is 0 Å². The highest BCUT2D eigenvalue weighted by Gasteiger charge is 2.66. The van der Waals surface area contributed by atoms with Crippen LogP contribution < -0.4 is 5.32 Å². The van der Waals surface area contributed by atoms with Crippen molar-refractivity contribution in [2.24, 2.45) is 5.92 Å². The molecule has 0 aliphatic carbocycles. The van der Waals surface area contributed by atoms with Crippen LogP contribution in [0.4, 0.5) is 0 Å². The van der Waals surface area contributed by atoms with E-state index in [0.717, 1.165) is 16.7 Å². The van der Waals surface area contributed by atoms with Gasteiger partial charge in [-0.1, -0.05) is 104 Å². The molecule has 5 rings (SSSR count). The quantitative estimate of drug-likeness (QED) is 0.209. The lowest BCUT2D eigenvalue weighted by Crippen LogP contribution is -2.80. The zero-order valence-corrected chi connectivity index (χ0v) is 24.9. The number of β-lactam (4-membered cyclic amide) rings is 1. The molecule has 3 aromatic carbocycles. The fourth-order valence-electron chi connectivity index (χ4n) is 5.71. The van der Waals surface area contributed by atoms with Crippen LogP contribution in [0.1, 0.15) is 36.6 Å². The number of ether oxygens (including phenoxy) is 2. The Hall–Kier alpha value is -4.37. The molecule has 0 radical (unpaired) electrons. The molecule has 43 heavy (non-hydrogen) atoms. The lowest BCUT2D eigenvalue weighted by atomic mass is 9.80. The van der Waals surface area contributed by atoms with Crippen LogP contribution in [0, 0.1) is 5.92 Å². The van der Waals surface area contributed by atoms with Gasteiger partial charge in [-0.3, -0.25) is 14.4 Å².